The summed E-state index contributed by atoms with van der Waals surface area (Å²) in [6.45, 7) is 2.15. The fourth-order valence-corrected chi connectivity index (χ4v) is 3.73. The van der Waals surface area contributed by atoms with Gasteiger partial charge in [0.2, 0.25) is 0 Å². The molecule has 0 spiro atoms. The molecule has 25 heavy (non-hydrogen) atoms. The Morgan fingerprint density at radius 2 is 1.72 bits per heavy atom. The molecule has 1 unspecified atom stereocenters. The van der Waals surface area contributed by atoms with Gasteiger partial charge in [-0.05, 0) is 56.2 Å². The summed E-state index contributed by atoms with van der Waals surface area (Å²) in [6, 6.07) is 2.83. The van der Waals surface area contributed by atoms with Crippen LogP contribution in [0.1, 0.15) is 44.8 Å². The molecular formula is C19H23F2N3O. The summed E-state index contributed by atoms with van der Waals surface area (Å²) in [5, 5.41) is 4.32. The maximum Gasteiger partial charge on any atom is 0.150 e. The Morgan fingerprint density at radius 1 is 0.960 bits per heavy atom. The van der Waals surface area contributed by atoms with Gasteiger partial charge in [0.1, 0.15) is 23.5 Å². The number of hydrogen-bond donors (Lipinski definition) is 0. The predicted octanol–water partition coefficient (Wildman–Crippen LogP) is 4.52. The molecule has 2 saturated heterocycles. The predicted molar refractivity (Wildman–Crippen MR) is 92.5 cm³/mol. The Labute approximate surface area is 146 Å². The zero-order valence-electron chi connectivity index (χ0n) is 14.3. The second-order valence-electron chi connectivity index (χ2n) is 6.87. The monoisotopic (exact) mass is 347 g/mol. The molecule has 2 aliphatic heterocycles. The van der Waals surface area contributed by atoms with Crippen LogP contribution in [0.4, 0.5) is 14.5 Å². The summed E-state index contributed by atoms with van der Waals surface area (Å²) in [5.74, 6) is -1.00. The first-order chi connectivity index (χ1) is 12.2. The molecule has 0 bridgehead atoms. The Morgan fingerprint density at radius 3 is 2.40 bits per heavy atom. The number of anilines is 1. The highest BCUT2D eigenvalue weighted by Crippen LogP contribution is 2.32. The molecule has 134 valence electrons. The van der Waals surface area contributed by atoms with E-state index in [0.717, 1.165) is 45.1 Å². The highest BCUT2D eigenvalue weighted by atomic mass is 19.1. The van der Waals surface area contributed by atoms with E-state index in [1.165, 1.54) is 12.1 Å². The Balaban J connectivity index is 1.59. The van der Waals surface area contributed by atoms with E-state index >= 15 is 0 Å². The molecule has 1 aromatic carbocycles. The summed E-state index contributed by atoms with van der Waals surface area (Å²) in [6.07, 6.45) is 9.55. The van der Waals surface area contributed by atoms with Crippen LogP contribution in [0.15, 0.2) is 24.5 Å². The maximum atomic E-state index is 14.6. The van der Waals surface area contributed by atoms with Crippen molar-refractivity contribution in [2.45, 2.75) is 44.8 Å². The lowest BCUT2D eigenvalue weighted by atomic mass is 10.1. The van der Waals surface area contributed by atoms with Crippen molar-refractivity contribution in [3.63, 3.8) is 0 Å². The molecule has 0 radical (unpaired) electrons. The van der Waals surface area contributed by atoms with E-state index in [0.29, 0.717) is 24.2 Å². The SMILES string of the molecule is Fc1cc(-c2cnn(C3CCCCO3)c2)cc(F)c1N1CCCCC1. The highest BCUT2D eigenvalue weighted by Gasteiger charge is 2.21. The molecule has 4 rings (SSSR count). The van der Waals surface area contributed by atoms with Crippen molar-refractivity contribution in [3.8, 4) is 11.1 Å². The van der Waals surface area contributed by atoms with Crippen LogP contribution < -0.4 is 4.90 Å². The first-order valence-corrected chi connectivity index (χ1v) is 9.12. The molecule has 1 aromatic heterocycles. The van der Waals surface area contributed by atoms with Gasteiger partial charge in [0.15, 0.2) is 0 Å². The molecule has 2 aromatic rings. The number of ether oxygens (including phenoxy) is 1. The Hall–Kier alpha value is -1.95. The van der Waals surface area contributed by atoms with Gasteiger partial charge in [0, 0.05) is 31.5 Å². The molecule has 0 amide bonds. The van der Waals surface area contributed by atoms with E-state index in [4.69, 9.17) is 4.74 Å². The first kappa shape index (κ1) is 16.5. The van der Waals surface area contributed by atoms with Crippen LogP contribution in [0.3, 0.4) is 0 Å². The van der Waals surface area contributed by atoms with Gasteiger partial charge in [-0.2, -0.15) is 5.10 Å². The van der Waals surface area contributed by atoms with Crippen molar-refractivity contribution >= 4 is 5.69 Å². The van der Waals surface area contributed by atoms with Crippen LogP contribution in [0.2, 0.25) is 0 Å². The summed E-state index contributed by atoms with van der Waals surface area (Å²) in [4.78, 5) is 1.82. The fraction of sp³-hybridized carbons (Fsp3) is 0.526. The lowest BCUT2D eigenvalue weighted by molar-refractivity contribution is -0.0394. The smallest absolute Gasteiger partial charge is 0.150 e. The van der Waals surface area contributed by atoms with Crippen LogP contribution >= 0.6 is 0 Å². The van der Waals surface area contributed by atoms with Gasteiger partial charge >= 0.3 is 0 Å². The van der Waals surface area contributed by atoms with Gasteiger partial charge in [-0.15, -0.1) is 0 Å². The zero-order valence-corrected chi connectivity index (χ0v) is 14.3. The second-order valence-corrected chi connectivity index (χ2v) is 6.87. The number of rotatable bonds is 3. The molecule has 2 fully saturated rings. The number of piperidine rings is 1. The van der Waals surface area contributed by atoms with Gasteiger partial charge in [0.25, 0.3) is 0 Å². The molecular weight excluding hydrogens is 324 g/mol. The normalized spacial score (nSPS) is 21.5. The van der Waals surface area contributed by atoms with Gasteiger partial charge in [0.05, 0.1) is 6.20 Å². The molecule has 0 saturated carbocycles. The van der Waals surface area contributed by atoms with Crippen LogP contribution in [0.25, 0.3) is 11.1 Å². The molecule has 6 heteroatoms. The van der Waals surface area contributed by atoms with Crippen molar-refractivity contribution in [1.82, 2.24) is 9.78 Å². The van der Waals surface area contributed by atoms with E-state index in [1.54, 1.807) is 10.9 Å². The Kier molecular flexibility index (Phi) is 4.70. The molecule has 3 heterocycles. The van der Waals surface area contributed by atoms with Crippen LogP contribution in [0.5, 0.6) is 0 Å². The van der Waals surface area contributed by atoms with E-state index < -0.39 is 11.6 Å². The number of aromatic nitrogens is 2. The quantitative estimate of drug-likeness (QED) is 0.818. The van der Waals surface area contributed by atoms with E-state index in [-0.39, 0.29) is 11.9 Å². The average Bonchev–Trinajstić information content (AvgIpc) is 3.13. The van der Waals surface area contributed by atoms with E-state index in [2.05, 4.69) is 5.10 Å². The van der Waals surface area contributed by atoms with Gasteiger partial charge < -0.3 is 9.64 Å². The third-order valence-corrected chi connectivity index (χ3v) is 5.07. The number of halogens is 2. The summed E-state index contributed by atoms with van der Waals surface area (Å²) < 4.78 is 36.7. The van der Waals surface area contributed by atoms with Crippen molar-refractivity contribution in [3.05, 3.63) is 36.2 Å². The van der Waals surface area contributed by atoms with Crippen molar-refractivity contribution in [1.29, 1.82) is 0 Å². The van der Waals surface area contributed by atoms with Gasteiger partial charge in [-0.25, -0.2) is 13.5 Å². The fourth-order valence-electron chi connectivity index (χ4n) is 3.73. The summed E-state index contributed by atoms with van der Waals surface area (Å²) >= 11 is 0. The summed E-state index contributed by atoms with van der Waals surface area (Å²) in [5.41, 5.74) is 1.32. The molecule has 2 aliphatic rings. The van der Waals surface area contributed by atoms with Crippen molar-refractivity contribution in [2.75, 3.05) is 24.6 Å². The van der Waals surface area contributed by atoms with E-state index in [1.807, 2.05) is 11.1 Å². The Bertz CT molecular complexity index is 711. The third-order valence-electron chi connectivity index (χ3n) is 5.07. The number of nitrogens with zero attached hydrogens (tertiary/aromatic N) is 3. The van der Waals surface area contributed by atoms with Gasteiger partial charge in [-0.3, -0.25) is 0 Å². The number of hydrogen-bond acceptors (Lipinski definition) is 3. The lowest BCUT2D eigenvalue weighted by Crippen LogP contribution is -2.31. The highest BCUT2D eigenvalue weighted by molar-refractivity contribution is 5.66. The minimum atomic E-state index is -0.501. The zero-order chi connectivity index (χ0) is 17.2. The van der Waals surface area contributed by atoms with Crippen LogP contribution in [0, 0.1) is 11.6 Å². The first-order valence-electron chi connectivity index (χ1n) is 9.12. The molecule has 0 N–H and O–H groups in total. The average molecular weight is 347 g/mol. The number of benzene rings is 1. The molecule has 1 atom stereocenters. The maximum absolute atomic E-state index is 14.6. The van der Waals surface area contributed by atoms with Gasteiger partial charge in [-0.1, -0.05) is 0 Å². The standard InChI is InChI=1S/C19H23F2N3O/c20-16-10-14(11-17(21)19(16)23-7-3-1-4-8-23)15-12-22-24(13-15)18-6-2-5-9-25-18/h10-13,18H,1-9H2. The van der Waals surface area contributed by atoms with Crippen LogP contribution in [-0.2, 0) is 4.74 Å². The molecule has 0 aliphatic carbocycles. The van der Waals surface area contributed by atoms with E-state index in [9.17, 15) is 8.78 Å². The minimum absolute atomic E-state index is 0.0789. The molecule has 4 nitrogen and oxygen atoms in total. The summed E-state index contributed by atoms with van der Waals surface area (Å²) in [7, 11) is 0. The van der Waals surface area contributed by atoms with Crippen LogP contribution in [-0.4, -0.2) is 29.5 Å². The van der Waals surface area contributed by atoms with Crippen molar-refractivity contribution < 1.29 is 13.5 Å². The lowest BCUT2D eigenvalue weighted by Gasteiger charge is -2.29. The van der Waals surface area contributed by atoms with Crippen molar-refractivity contribution in [2.24, 2.45) is 0 Å². The second kappa shape index (κ2) is 7.12. The third kappa shape index (κ3) is 3.40. The largest absolute Gasteiger partial charge is 0.367 e. The topological polar surface area (TPSA) is 30.3 Å². The minimum Gasteiger partial charge on any atom is -0.367 e.